The van der Waals surface area contributed by atoms with Crippen LogP contribution in [0.2, 0.25) is 5.02 Å². The van der Waals surface area contributed by atoms with Crippen LogP contribution in [0.4, 0.5) is 5.82 Å². The molecule has 0 saturated carbocycles. The van der Waals surface area contributed by atoms with Crippen molar-refractivity contribution in [1.82, 2.24) is 15.2 Å². The maximum atomic E-state index is 13.1. The second kappa shape index (κ2) is 7.53. The number of aromatic amines is 1. The van der Waals surface area contributed by atoms with Gasteiger partial charge in [0.1, 0.15) is 0 Å². The van der Waals surface area contributed by atoms with E-state index in [0.717, 1.165) is 47.5 Å². The van der Waals surface area contributed by atoms with E-state index in [1.54, 1.807) is 12.4 Å². The SMILES string of the molecule is Cc1c(N2CCC[C@@H](Cc3ccc(Cl)cc3)C2=O)n[nH]c1-c1ccncc1. The largest absolute Gasteiger partial charge is 0.295 e. The zero-order chi connectivity index (χ0) is 18.8. The number of pyridine rings is 1. The molecule has 6 heteroatoms. The molecule has 1 amide bonds. The van der Waals surface area contributed by atoms with Gasteiger partial charge in [0.15, 0.2) is 5.82 Å². The minimum Gasteiger partial charge on any atom is -0.295 e. The monoisotopic (exact) mass is 380 g/mol. The highest BCUT2D eigenvalue weighted by atomic mass is 35.5. The Morgan fingerprint density at radius 3 is 2.67 bits per heavy atom. The summed E-state index contributed by atoms with van der Waals surface area (Å²) in [6, 6.07) is 11.6. The van der Waals surface area contributed by atoms with Gasteiger partial charge in [-0.2, -0.15) is 5.10 Å². The van der Waals surface area contributed by atoms with Crippen molar-refractivity contribution in [2.24, 2.45) is 5.92 Å². The summed E-state index contributed by atoms with van der Waals surface area (Å²) in [5.74, 6) is 0.847. The molecule has 138 valence electrons. The fourth-order valence-electron chi connectivity index (χ4n) is 3.71. The fraction of sp³-hybridized carbons (Fsp3) is 0.286. The van der Waals surface area contributed by atoms with Crippen LogP contribution in [0.1, 0.15) is 24.0 Å². The van der Waals surface area contributed by atoms with Crippen LogP contribution in [-0.2, 0) is 11.2 Å². The van der Waals surface area contributed by atoms with Crippen molar-refractivity contribution in [1.29, 1.82) is 0 Å². The van der Waals surface area contributed by atoms with Crippen molar-refractivity contribution in [2.45, 2.75) is 26.2 Å². The summed E-state index contributed by atoms with van der Waals surface area (Å²) in [6.07, 6.45) is 6.11. The first-order chi connectivity index (χ1) is 13.1. The van der Waals surface area contributed by atoms with Gasteiger partial charge in [0.25, 0.3) is 0 Å². The second-order valence-electron chi connectivity index (χ2n) is 6.94. The zero-order valence-electron chi connectivity index (χ0n) is 15.2. The lowest BCUT2D eigenvalue weighted by atomic mass is 9.90. The first-order valence-corrected chi connectivity index (χ1v) is 9.52. The molecule has 0 unspecified atom stereocenters. The summed E-state index contributed by atoms with van der Waals surface area (Å²) in [7, 11) is 0. The van der Waals surface area contributed by atoms with Gasteiger partial charge in [-0.15, -0.1) is 0 Å². The van der Waals surface area contributed by atoms with Crippen LogP contribution in [0.15, 0.2) is 48.8 Å². The van der Waals surface area contributed by atoms with Gasteiger partial charge in [-0.25, -0.2) is 0 Å². The molecular weight excluding hydrogens is 360 g/mol. The number of benzene rings is 1. The minimum atomic E-state index is -0.0274. The van der Waals surface area contributed by atoms with Crippen molar-refractivity contribution in [2.75, 3.05) is 11.4 Å². The van der Waals surface area contributed by atoms with Crippen LogP contribution < -0.4 is 4.90 Å². The molecule has 1 aliphatic rings. The number of nitrogens with zero attached hydrogens (tertiary/aromatic N) is 3. The normalized spacial score (nSPS) is 17.3. The minimum absolute atomic E-state index is 0.0274. The number of H-pyrrole nitrogens is 1. The molecule has 2 aromatic heterocycles. The number of carbonyl (C=O) groups is 1. The quantitative estimate of drug-likeness (QED) is 0.728. The Bertz CT molecular complexity index is 937. The number of hydrogen-bond acceptors (Lipinski definition) is 3. The molecule has 27 heavy (non-hydrogen) atoms. The maximum Gasteiger partial charge on any atom is 0.231 e. The third-order valence-electron chi connectivity index (χ3n) is 5.15. The number of halogens is 1. The van der Waals surface area contributed by atoms with Gasteiger partial charge in [-0.3, -0.25) is 19.8 Å². The summed E-state index contributed by atoms with van der Waals surface area (Å²) in [6.45, 7) is 2.71. The van der Waals surface area contributed by atoms with Crippen LogP contribution >= 0.6 is 11.6 Å². The number of piperidine rings is 1. The zero-order valence-corrected chi connectivity index (χ0v) is 15.9. The summed E-state index contributed by atoms with van der Waals surface area (Å²) < 4.78 is 0. The standard InChI is InChI=1S/C21H21ClN4O/c1-14-19(16-8-10-23-11-9-16)24-25-20(14)26-12-2-3-17(21(26)27)13-15-4-6-18(22)7-5-15/h4-11,17H,2-3,12-13H2,1H3,(H,24,25)/t17-/m0/s1. The van der Waals surface area contributed by atoms with E-state index in [9.17, 15) is 4.79 Å². The number of nitrogens with one attached hydrogen (secondary N) is 1. The molecule has 4 rings (SSSR count). The van der Waals surface area contributed by atoms with Gasteiger partial charge in [0, 0.05) is 41.0 Å². The van der Waals surface area contributed by atoms with Gasteiger partial charge in [0.2, 0.25) is 5.91 Å². The molecule has 1 saturated heterocycles. The molecule has 1 N–H and O–H groups in total. The van der Waals surface area contributed by atoms with Crippen molar-refractivity contribution >= 4 is 23.3 Å². The predicted octanol–water partition coefficient (Wildman–Crippen LogP) is 4.42. The lowest BCUT2D eigenvalue weighted by Gasteiger charge is -2.31. The van der Waals surface area contributed by atoms with Crippen molar-refractivity contribution in [3.8, 4) is 11.3 Å². The molecule has 1 aromatic carbocycles. The Kier molecular flexibility index (Phi) is 4.94. The Morgan fingerprint density at radius 2 is 1.93 bits per heavy atom. The van der Waals surface area contributed by atoms with Crippen molar-refractivity contribution in [3.05, 3.63) is 64.9 Å². The van der Waals surface area contributed by atoms with Crippen LogP contribution in [0.3, 0.4) is 0 Å². The van der Waals surface area contributed by atoms with E-state index < -0.39 is 0 Å². The number of rotatable bonds is 4. The van der Waals surface area contributed by atoms with E-state index in [0.29, 0.717) is 11.6 Å². The number of amides is 1. The van der Waals surface area contributed by atoms with Gasteiger partial charge in [0.05, 0.1) is 5.69 Å². The number of hydrogen-bond donors (Lipinski definition) is 1. The lowest BCUT2D eigenvalue weighted by molar-refractivity contribution is -0.123. The number of aromatic nitrogens is 3. The summed E-state index contributed by atoms with van der Waals surface area (Å²) in [4.78, 5) is 19.0. The van der Waals surface area contributed by atoms with Crippen molar-refractivity contribution < 1.29 is 4.79 Å². The van der Waals surface area contributed by atoms with E-state index in [4.69, 9.17) is 11.6 Å². The smallest absolute Gasteiger partial charge is 0.231 e. The number of anilines is 1. The van der Waals surface area contributed by atoms with E-state index >= 15 is 0 Å². The fourth-order valence-corrected chi connectivity index (χ4v) is 3.83. The third kappa shape index (κ3) is 3.60. The molecule has 0 aliphatic carbocycles. The molecule has 0 spiro atoms. The first-order valence-electron chi connectivity index (χ1n) is 9.14. The molecule has 3 aromatic rings. The van der Waals surface area contributed by atoms with E-state index in [1.807, 2.05) is 48.2 Å². The Balaban J connectivity index is 1.56. The molecular formula is C21H21ClN4O. The highest BCUT2D eigenvalue weighted by molar-refractivity contribution is 6.30. The van der Waals surface area contributed by atoms with Crippen molar-refractivity contribution in [3.63, 3.8) is 0 Å². The van der Waals surface area contributed by atoms with Crippen LogP contribution in [0, 0.1) is 12.8 Å². The Hall–Kier alpha value is -2.66. The maximum absolute atomic E-state index is 13.1. The summed E-state index contributed by atoms with van der Waals surface area (Å²) in [5, 5.41) is 8.27. The lowest BCUT2D eigenvalue weighted by Crippen LogP contribution is -2.42. The molecule has 5 nitrogen and oxygen atoms in total. The van der Waals surface area contributed by atoms with Crippen LogP contribution in [0.25, 0.3) is 11.3 Å². The summed E-state index contributed by atoms with van der Waals surface area (Å²) >= 11 is 5.97. The highest BCUT2D eigenvalue weighted by Gasteiger charge is 2.32. The second-order valence-corrected chi connectivity index (χ2v) is 7.38. The predicted molar refractivity (Wildman–Crippen MR) is 107 cm³/mol. The van der Waals surface area contributed by atoms with Crippen LogP contribution in [-0.4, -0.2) is 27.6 Å². The Morgan fingerprint density at radius 1 is 1.19 bits per heavy atom. The first kappa shape index (κ1) is 17.7. The third-order valence-corrected chi connectivity index (χ3v) is 5.41. The molecule has 0 radical (unpaired) electrons. The molecule has 1 atom stereocenters. The van der Waals surface area contributed by atoms with E-state index in [-0.39, 0.29) is 11.8 Å². The Labute approximate surface area is 163 Å². The van der Waals surface area contributed by atoms with E-state index in [1.165, 1.54) is 0 Å². The average Bonchev–Trinajstić information content (AvgIpc) is 3.07. The summed E-state index contributed by atoms with van der Waals surface area (Å²) in [5.41, 5.74) is 4.07. The molecule has 0 bridgehead atoms. The molecule has 1 aliphatic heterocycles. The van der Waals surface area contributed by atoms with Crippen LogP contribution in [0.5, 0.6) is 0 Å². The van der Waals surface area contributed by atoms with Gasteiger partial charge >= 0.3 is 0 Å². The number of carbonyl (C=O) groups excluding carboxylic acids is 1. The van der Waals surface area contributed by atoms with E-state index in [2.05, 4.69) is 15.2 Å². The average molecular weight is 381 g/mol. The molecule has 1 fully saturated rings. The molecule has 3 heterocycles. The highest BCUT2D eigenvalue weighted by Crippen LogP contribution is 2.32. The van der Waals surface area contributed by atoms with Gasteiger partial charge < -0.3 is 0 Å². The van der Waals surface area contributed by atoms with Gasteiger partial charge in [-0.1, -0.05) is 23.7 Å². The van der Waals surface area contributed by atoms with Gasteiger partial charge in [-0.05, 0) is 56.0 Å². The topological polar surface area (TPSA) is 61.9 Å².